The van der Waals surface area contributed by atoms with E-state index in [4.69, 9.17) is 9.84 Å². The van der Waals surface area contributed by atoms with Gasteiger partial charge >= 0.3 is 5.97 Å². The Balaban J connectivity index is 2.73. The average molecular weight is 279 g/mol. The van der Waals surface area contributed by atoms with Crippen LogP contribution in [0.2, 0.25) is 0 Å². The molecule has 0 fully saturated rings. The van der Waals surface area contributed by atoms with Crippen molar-refractivity contribution in [2.24, 2.45) is 0 Å². The van der Waals surface area contributed by atoms with Gasteiger partial charge in [0.1, 0.15) is 6.04 Å². The van der Waals surface area contributed by atoms with E-state index in [9.17, 15) is 9.59 Å². The van der Waals surface area contributed by atoms with Gasteiger partial charge in [-0.25, -0.2) is 4.79 Å². The first-order chi connectivity index (χ1) is 9.60. The zero-order valence-electron chi connectivity index (χ0n) is 11.8. The van der Waals surface area contributed by atoms with Gasteiger partial charge in [-0.2, -0.15) is 0 Å². The van der Waals surface area contributed by atoms with Crippen molar-refractivity contribution in [2.75, 3.05) is 7.11 Å². The molecule has 1 rings (SSSR count). The monoisotopic (exact) mass is 279 g/mol. The topological polar surface area (TPSA) is 75.6 Å². The van der Waals surface area contributed by atoms with Crippen molar-refractivity contribution >= 4 is 11.9 Å². The summed E-state index contributed by atoms with van der Waals surface area (Å²) in [7, 11) is 1.43. The lowest BCUT2D eigenvalue weighted by Gasteiger charge is -2.19. The van der Waals surface area contributed by atoms with Crippen molar-refractivity contribution in [1.82, 2.24) is 5.32 Å². The molecule has 2 N–H and O–H groups in total. The molecule has 110 valence electrons. The molecule has 0 unspecified atom stereocenters. The van der Waals surface area contributed by atoms with Crippen molar-refractivity contribution in [3.05, 3.63) is 35.9 Å². The van der Waals surface area contributed by atoms with Gasteiger partial charge in [0.05, 0.1) is 0 Å². The van der Waals surface area contributed by atoms with Gasteiger partial charge in [-0.05, 0) is 12.0 Å². The molecule has 20 heavy (non-hydrogen) atoms. The predicted octanol–water partition coefficient (Wildman–Crippen LogP) is 2.13. The fourth-order valence-corrected chi connectivity index (χ4v) is 1.94. The lowest BCUT2D eigenvalue weighted by atomic mass is 10.1. The number of nitrogens with one attached hydrogen (secondary N) is 1. The highest BCUT2D eigenvalue weighted by atomic mass is 16.5. The lowest BCUT2D eigenvalue weighted by molar-refractivity contribution is -0.144. The SMILES string of the molecule is CCCC[C@H](NC(=O)[C@H](OC)c1ccccc1)C(=O)O. The number of amides is 1. The first kappa shape index (κ1) is 16.2. The molecule has 1 amide bonds. The van der Waals surface area contributed by atoms with Crippen LogP contribution in [0.3, 0.4) is 0 Å². The molecule has 5 nitrogen and oxygen atoms in total. The maximum absolute atomic E-state index is 12.2. The van der Waals surface area contributed by atoms with E-state index in [1.165, 1.54) is 7.11 Å². The molecule has 0 aliphatic rings. The van der Waals surface area contributed by atoms with E-state index < -0.39 is 24.0 Å². The summed E-state index contributed by atoms with van der Waals surface area (Å²) in [5.74, 6) is -1.45. The summed E-state index contributed by atoms with van der Waals surface area (Å²) in [5.41, 5.74) is 0.701. The summed E-state index contributed by atoms with van der Waals surface area (Å²) in [5, 5.41) is 11.7. The van der Waals surface area contributed by atoms with Gasteiger partial charge in [-0.1, -0.05) is 50.1 Å². The van der Waals surface area contributed by atoms with Crippen LogP contribution in [0.4, 0.5) is 0 Å². The van der Waals surface area contributed by atoms with E-state index in [0.29, 0.717) is 12.0 Å². The number of carbonyl (C=O) groups excluding carboxylic acids is 1. The molecule has 0 spiro atoms. The highest BCUT2D eigenvalue weighted by Crippen LogP contribution is 2.16. The average Bonchev–Trinajstić information content (AvgIpc) is 2.45. The van der Waals surface area contributed by atoms with Gasteiger partial charge < -0.3 is 15.2 Å². The number of carboxylic acid groups (broad SMARTS) is 1. The van der Waals surface area contributed by atoms with Gasteiger partial charge in [0.25, 0.3) is 5.91 Å². The molecule has 0 saturated heterocycles. The number of hydrogen-bond acceptors (Lipinski definition) is 3. The lowest BCUT2D eigenvalue weighted by Crippen LogP contribution is -2.43. The summed E-state index contributed by atoms with van der Waals surface area (Å²) < 4.78 is 5.18. The summed E-state index contributed by atoms with van der Waals surface area (Å²) in [4.78, 5) is 23.3. The van der Waals surface area contributed by atoms with Crippen LogP contribution in [-0.4, -0.2) is 30.1 Å². The van der Waals surface area contributed by atoms with E-state index in [-0.39, 0.29) is 0 Å². The van der Waals surface area contributed by atoms with Crippen molar-refractivity contribution in [3.8, 4) is 0 Å². The maximum Gasteiger partial charge on any atom is 0.326 e. The van der Waals surface area contributed by atoms with Crippen molar-refractivity contribution in [3.63, 3.8) is 0 Å². The number of benzene rings is 1. The Labute approximate surface area is 118 Å². The Bertz CT molecular complexity index is 433. The smallest absolute Gasteiger partial charge is 0.326 e. The number of carbonyl (C=O) groups is 2. The number of methoxy groups -OCH3 is 1. The molecule has 0 aliphatic heterocycles. The van der Waals surface area contributed by atoms with Crippen LogP contribution < -0.4 is 5.32 Å². The minimum absolute atomic E-state index is 0.419. The number of carboxylic acids is 1. The van der Waals surface area contributed by atoms with Crippen molar-refractivity contribution in [1.29, 1.82) is 0 Å². The quantitative estimate of drug-likeness (QED) is 0.764. The molecule has 0 saturated carbocycles. The van der Waals surface area contributed by atoms with Crippen LogP contribution in [0, 0.1) is 0 Å². The van der Waals surface area contributed by atoms with Crippen LogP contribution in [-0.2, 0) is 14.3 Å². The first-order valence-electron chi connectivity index (χ1n) is 6.71. The molecular formula is C15H21NO4. The maximum atomic E-state index is 12.2. The van der Waals surface area contributed by atoms with Crippen LogP contribution >= 0.6 is 0 Å². The van der Waals surface area contributed by atoms with Crippen molar-refractivity contribution < 1.29 is 19.4 Å². The second-order valence-electron chi connectivity index (χ2n) is 4.57. The largest absolute Gasteiger partial charge is 0.480 e. The Morgan fingerprint density at radius 2 is 1.95 bits per heavy atom. The summed E-state index contributed by atoms with van der Waals surface area (Å²) in [6.07, 6.45) is 1.26. The van der Waals surface area contributed by atoms with E-state index >= 15 is 0 Å². The molecule has 0 radical (unpaired) electrons. The minimum Gasteiger partial charge on any atom is -0.480 e. The Morgan fingerprint density at radius 3 is 2.45 bits per heavy atom. The van der Waals surface area contributed by atoms with Gasteiger partial charge in [0.2, 0.25) is 0 Å². The third-order valence-corrected chi connectivity index (χ3v) is 3.04. The van der Waals surface area contributed by atoms with E-state index in [0.717, 1.165) is 12.8 Å². The van der Waals surface area contributed by atoms with Crippen LogP contribution in [0.25, 0.3) is 0 Å². The Morgan fingerprint density at radius 1 is 1.30 bits per heavy atom. The molecule has 1 aromatic carbocycles. The van der Waals surface area contributed by atoms with Gasteiger partial charge in [0, 0.05) is 7.11 Å². The third kappa shape index (κ3) is 4.66. The normalized spacial score (nSPS) is 13.5. The summed E-state index contributed by atoms with van der Waals surface area (Å²) in [6, 6.07) is 8.13. The molecule has 0 aliphatic carbocycles. The molecule has 1 aromatic rings. The van der Waals surface area contributed by atoms with Crippen molar-refractivity contribution in [2.45, 2.75) is 38.3 Å². The highest BCUT2D eigenvalue weighted by Gasteiger charge is 2.25. The number of aliphatic carboxylic acids is 1. The zero-order valence-corrected chi connectivity index (χ0v) is 11.8. The number of hydrogen-bond donors (Lipinski definition) is 2. The Kier molecular flexibility index (Phi) is 6.73. The van der Waals surface area contributed by atoms with E-state index in [2.05, 4.69) is 5.32 Å². The Hall–Kier alpha value is -1.88. The second kappa shape index (κ2) is 8.32. The number of ether oxygens (including phenoxy) is 1. The van der Waals surface area contributed by atoms with Crippen LogP contribution in [0.15, 0.2) is 30.3 Å². The molecule has 0 bridgehead atoms. The number of rotatable bonds is 8. The van der Waals surface area contributed by atoms with E-state index in [1.54, 1.807) is 24.3 Å². The second-order valence-corrected chi connectivity index (χ2v) is 4.57. The molecule has 0 heterocycles. The molecular weight excluding hydrogens is 258 g/mol. The molecule has 5 heteroatoms. The van der Waals surface area contributed by atoms with Gasteiger partial charge in [0.15, 0.2) is 6.10 Å². The van der Waals surface area contributed by atoms with Crippen LogP contribution in [0.1, 0.15) is 37.9 Å². The fraction of sp³-hybridized carbons (Fsp3) is 0.467. The summed E-state index contributed by atoms with van der Waals surface area (Å²) in [6.45, 7) is 1.97. The van der Waals surface area contributed by atoms with E-state index in [1.807, 2.05) is 13.0 Å². The highest BCUT2D eigenvalue weighted by molar-refractivity contribution is 5.87. The zero-order chi connectivity index (χ0) is 15.0. The predicted molar refractivity (Wildman–Crippen MR) is 75.3 cm³/mol. The molecule has 0 aromatic heterocycles. The minimum atomic E-state index is -1.02. The van der Waals surface area contributed by atoms with Gasteiger partial charge in [-0.3, -0.25) is 4.79 Å². The fourth-order valence-electron chi connectivity index (χ4n) is 1.94. The summed E-state index contributed by atoms with van der Waals surface area (Å²) >= 11 is 0. The third-order valence-electron chi connectivity index (χ3n) is 3.04. The standard InChI is InChI=1S/C15H21NO4/c1-3-4-10-12(15(18)19)16-14(17)13(20-2)11-8-6-5-7-9-11/h5-9,12-13H,3-4,10H2,1-2H3,(H,16,17)(H,18,19)/t12-,13+/m0/s1. The number of unbranched alkanes of at least 4 members (excludes halogenated alkanes) is 1. The van der Waals surface area contributed by atoms with Crippen LogP contribution in [0.5, 0.6) is 0 Å². The van der Waals surface area contributed by atoms with Gasteiger partial charge in [-0.15, -0.1) is 0 Å². The molecule has 2 atom stereocenters. The first-order valence-corrected chi connectivity index (χ1v) is 6.71.